The molecule has 0 unspecified atom stereocenters. The Morgan fingerprint density at radius 2 is 2.08 bits per heavy atom. The maximum atomic E-state index is 5.98. The average Bonchev–Trinajstić information content (AvgIpc) is 3.23. The van der Waals surface area contributed by atoms with Gasteiger partial charge in [-0.05, 0) is 17.5 Å². The highest BCUT2D eigenvalue weighted by Gasteiger charge is 2.29. The zero-order valence-electron chi connectivity index (χ0n) is 14.5. The van der Waals surface area contributed by atoms with Gasteiger partial charge in [-0.3, -0.25) is 4.57 Å². The predicted octanol–water partition coefficient (Wildman–Crippen LogP) is 4.02. The number of imidazole rings is 1. The van der Waals surface area contributed by atoms with Crippen LogP contribution in [0.5, 0.6) is 0 Å². The van der Waals surface area contributed by atoms with Crippen LogP contribution in [0, 0.1) is 5.41 Å². The minimum atomic E-state index is -0.0387. The molecule has 0 saturated heterocycles. The summed E-state index contributed by atoms with van der Waals surface area (Å²) >= 11 is 0. The van der Waals surface area contributed by atoms with Gasteiger partial charge in [-0.1, -0.05) is 27.7 Å². The number of hydrogen-bond acceptors (Lipinski definition) is 5. The molecule has 1 N–H and O–H groups in total. The second-order valence-electron chi connectivity index (χ2n) is 6.83. The third-order valence-electron chi connectivity index (χ3n) is 3.90. The van der Waals surface area contributed by atoms with Crippen LogP contribution in [0.1, 0.15) is 45.3 Å². The Balaban J connectivity index is 1.89. The molecule has 0 saturated carbocycles. The Morgan fingerprint density at radius 3 is 2.71 bits per heavy atom. The number of aromatic nitrogens is 4. The lowest BCUT2D eigenvalue weighted by Crippen LogP contribution is -2.26. The first-order chi connectivity index (χ1) is 11.5. The van der Waals surface area contributed by atoms with Crippen LogP contribution in [-0.2, 0) is 6.42 Å². The summed E-state index contributed by atoms with van der Waals surface area (Å²) in [5.41, 5.74) is -0.0387. The van der Waals surface area contributed by atoms with Crippen LogP contribution in [0.4, 0.5) is 5.82 Å². The Labute approximate surface area is 142 Å². The van der Waals surface area contributed by atoms with Gasteiger partial charge in [0.2, 0.25) is 0 Å². The van der Waals surface area contributed by atoms with E-state index in [2.05, 4.69) is 48.0 Å². The Hall–Kier alpha value is -2.63. The molecular formula is C18H23N5O. The maximum absolute atomic E-state index is 5.98. The van der Waals surface area contributed by atoms with Crippen LogP contribution in [0.15, 0.2) is 47.7 Å². The van der Waals surface area contributed by atoms with Gasteiger partial charge in [0.25, 0.3) is 0 Å². The molecule has 0 fully saturated rings. The van der Waals surface area contributed by atoms with Crippen molar-refractivity contribution in [3.05, 3.63) is 54.8 Å². The minimum Gasteiger partial charge on any atom is -0.464 e. The highest BCUT2D eigenvalue weighted by Crippen LogP contribution is 2.36. The van der Waals surface area contributed by atoms with Crippen LogP contribution in [0.25, 0.3) is 5.82 Å². The summed E-state index contributed by atoms with van der Waals surface area (Å²) in [6.07, 6.45) is 7.73. The molecule has 0 aliphatic heterocycles. The molecule has 3 aromatic heterocycles. The molecule has 0 amide bonds. The van der Waals surface area contributed by atoms with E-state index in [1.807, 2.05) is 29.0 Å². The molecule has 0 spiro atoms. The smallest absolute Gasteiger partial charge is 0.143 e. The van der Waals surface area contributed by atoms with E-state index in [1.54, 1.807) is 18.9 Å². The van der Waals surface area contributed by atoms with Gasteiger partial charge < -0.3 is 9.73 Å². The fourth-order valence-corrected chi connectivity index (χ4v) is 2.56. The third kappa shape index (κ3) is 3.48. The van der Waals surface area contributed by atoms with E-state index in [9.17, 15) is 0 Å². The molecule has 126 valence electrons. The van der Waals surface area contributed by atoms with Crippen molar-refractivity contribution in [2.45, 2.75) is 40.2 Å². The van der Waals surface area contributed by atoms with Crippen molar-refractivity contribution in [2.75, 3.05) is 5.32 Å². The second-order valence-corrected chi connectivity index (χ2v) is 6.83. The SMILES string of the molecule is CCc1ccc([C@@H](Nc2cc(-n3ccnc3)ncn2)C(C)(C)C)o1. The van der Waals surface area contributed by atoms with Crippen molar-refractivity contribution in [1.29, 1.82) is 0 Å². The zero-order valence-corrected chi connectivity index (χ0v) is 14.5. The van der Waals surface area contributed by atoms with Crippen LogP contribution in [-0.4, -0.2) is 19.5 Å². The normalized spacial score (nSPS) is 13.0. The zero-order chi connectivity index (χ0) is 17.2. The quantitative estimate of drug-likeness (QED) is 0.767. The van der Waals surface area contributed by atoms with Crippen LogP contribution in [0.2, 0.25) is 0 Å². The molecule has 0 aromatic carbocycles. The van der Waals surface area contributed by atoms with E-state index in [0.717, 1.165) is 29.6 Å². The lowest BCUT2D eigenvalue weighted by molar-refractivity contribution is 0.298. The number of rotatable bonds is 5. The number of nitrogens with zero attached hydrogens (tertiary/aromatic N) is 4. The summed E-state index contributed by atoms with van der Waals surface area (Å²) in [5, 5.41) is 3.50. The highest BCUT2D eigenvalue weighted by molar-refractivity contribution is 5.42. The van der Waals surface area contributed by atoms with Gasteiger partial charge in [-0.25, -0.2) is 15.0 Å². The first kappa shape index (κ1) is 16.2. The summed E-state index contributed by atoms with van der Waals surface area (Å²) in [4.78, 5) is 12.7. The number of nitrogens with one attached hydrogen (secondary N) is 1. The third-order valence-corrected chi connectivity index (χ3v) is 3.90. The molecule has 0 bridgehead atoms. The standard InChI is InChI=1S/C18H23N5O/c1-5-13-6-7-14(24-13)17(18(2,3)4)22-15-10-16(21-11-20-15)23-9-8-19-12-23/h6-12,17H,5H2,1-4H3,(H,20,21,22)/t17-/m1/s1. The van der Waals surface area contributed by atoms with E-state index in [1.165, 1.54) is 0 Å². The van der Waals surface area contributed by atoms with Crippen molar-refractivity contribution in [3.8, 4) is 5.82 Å². The minimum absolute atomic E-state index is 0.00309. The van der Waals surface area contributed by atoms with Gasteiger partial charge in [0.1, 0.15) is 35.8 Å². The highest BCUT2D eigenvalue weighted by atomic mass is 16.3. The van der Waals surface area contributed by atoms with Crippen molar-refractivity contribution in [2.24, 2.45) is 5.41 Å². The number of hydrogen-bond donors (Lipinski definition) is 1. The van der Waals surface area contributed by atoms with E-state index in [4.69, 9.17) is 4.42 Å². The Kier molecular flexibility index (Phi) is 4.38. The van der Waals surface area contributed by atoms with Gasteiger partial charge in [0.05, 0.1) is 6.04 Å². The van der Waals surface area contributed by atoms with Crippen molar-refractivity contribution >= 4 is 5.82 Å². The molecule has 0 aliphatic rings. The summed E-state index contributed by atoms with van der Waals surface area (Å²) < 4.78 is 7.82. The van der Waals surface area contributed by atoms with Gasteiger partial charge in [0, 0.05) is 24.9 Å². The fourth-order valence-electron chi connectivity index (χ4n) is 2.56. The molecule has 1 atom stereocenters. The Bertz CT molecular complexity index is 786. The van der Waals surface area contributed by atoms with E-state index in [-0.39, 0.29) is 11.5 Å². The van der Waals surface area contributed by atoms with Gasteiger partial charge in [-0.15, -0.1) is 0 Å². The first-order valence-electron chi connectivity index (χ1n) is 8.13. The molecule has 24 heavy (non-hydrogen) atoms. The second kappa shape index (κ2) is 6.47. The molecule has 0 radical (unpaired) electrons. The van der Waals surface area contributed by atoms with Crippen LogP contribution >= 0.6 is 0 Å². The largest absolute Gasteiger partial charge is 0.464 e. The van der Waals surface area contributed by atoms with Crippen molar-refractivity contribution < 1.29 is 4.42 Å². The molecule has 6 nitrogen and oxygen atoms in total. The topological polar surface area (TPSA) is 68.8 Å². The lowest BCUT2D eigenvalue weighted by Gasteiger charge is -2.30. The van der Waals surface area contributed by atoms with Gasteiger partial charge in [-0.2, -0.15) is 0 Å². The molecule has 6 heteroatoms. The summed E-state index contributed by atoms with van der Waals surface area (Å²) in [6.45, 7) is 8.62. The lowest BCUT2D eigenvalue weighted by atomic mass is 9.85. The van der Waals surface area contributed by atoms with E-state index < -0.39 is 0 Å². The van der Waals surface area contributed by atoms with Crippen molar-refractivity contribution in [3.63, 3.8) is 0 Å². The summed E-state index contributed by atoms with van der Waals surface area (Å²) in [5.74, 6) is 3.43. The first-order valence-corrected chi connectivity index (χ1v) is 8.13. The Morgan fingerprint density at radius 1 is 1.25 bits per heavy atom. The molecule has 3 rings (SSSR count). The summed E-state index contributed by atoms with van der Waals surface area (Å²) in [7, 11) is 0. The fraction of sp³-hybridized carbons (Fsp3) is 0.389. The monoisotopic (exact) mass is 325 g/mol. The van der Waals surface area contributed by atoms with Gasteiger partial charge >= 0.3 is 0 Å². The van der Waals surface area contributed by atoms with Crippen LogP contribution < -0.4 is 5.32 Å². The van der Waals surface area contributed by atoms with E-state index >= 15 is 0 Å². The van der Waals surface area contributed by atoms with Gasteiger partial charge in [0.15, 0.2) is 0 Å². The maximum Gasteiger partial charge on any atom is 0.143 e. The average molecular weight is 325 g/mol. The molecule has 0 aliphatic carbocycles. The number of anilines is 1. The predicted molar refractivity (Wildman–Crippen MR) is 93.1 cm³/mol. The molecule has 3 heterocycles. The number of aryl methyl sites for hydroxylation is 1. The number of furan rings is 1. The summed E-state index contributed by atoms with van der Waals surface area (Å²) in [6, 6.07) is 5.99. The van der Waals surface area contributed by atoms with Crippen LogP contribution in [0.3, 0.4) is 0 Å². The van der Waals surface area contributed by atoms with Crippen molar-refractivity contribution in [1.82, 2.24) is 19.5 Å². The molecular weight excluding hydrogens is 302 g/mol. The van der Waals surface area contributed by atoms with E-state index in [0.29, 0.717) is 0 Å². The molecule has 3 aromatic rings.